The van der Waals surface area contributed by atoms with Crippen molar-refractivity contribution in [1.29, 1.82) is 0 Å². The highest BCUT2D eigenvalue weighted by Crippen LogP contribution is 2.26. The van der Waals surface area contributed by atoms with Crippen molar-refractivity contribution in [1.82, 2.24) is 42.5 Å². The van der Waals surface area contributed by atoms with Gasteiger partial charge in [0, 0.05) is 161 Å². The number of amides is 16. The first-order valence-corrected chi connectivity index (χ1v) is 48.6. The fourth-order valence-corrected chi connectivity index (χ4v) is 15.3. The van der Waals surface area contributed by atoms with Crippen LogP contribution >= 0.6 is 0 Å². The van der Waals surface area contributed by atoms with Crippen LogP contribution in [0.3, 0.4) is 0 Å². The number of nitrogens with two attached hydrogens (primary N) is 8. The summed E-state index contributed by atoms with van der Waals surface area (Å²) in [5.41, 5.74) is 31.2. The molecule has 0 aliphatic rings. The number of carbonyl (C=O) groups excluding carboxylic acids is 22. The average molecular weight is 2090 g/mol. The fourth-order valence-electron chi connectivity index (χ4n) is 15.3. The van der Waals surface area contributed by atoms with Crippen molar-refractivity contribution >= 4 is 129 Å². The summed E-state index contributed by atoms with van der Waals surface area (Å²) in [7, 11) is 0. The molecular weight excluding hydrogens is 1910 g/mol. The molecule has 148 heavy (non-hydrogen) atoms. The Bertz CT molecular complexity index is 4740. The van der Waals surface area contributed by atoms with E-state index >= 15 is 0 Å². The summed E-state index contributed by atoms with van der Waals surface area (Å²) in [6.07, 6.45) is 3.55. The number of aryl methyl sites for hydroxylation is 2. The van der Waals surface area contributed by atoms with Crippen LogP contribution in [0.2, 0.25) is 5.65 Å². The largest absolute Gasteiger partial charge is 0.369 e. The van der Waals surface area contributed by atoms with E-state index in [-0.39, 0.29) is 276 Å². The van der Waals surface area contributed by atoms with Gasteiger partial charge in [0.15, 0.2) is 51.9 Å². The van der Waals surface area contributed by atoms with Crippen LogP contribution in [0.25, 0.3) is 0 Å². The normalized spacial score (nSPS) is 13.3. The molecule has 0 radical (unpaired) electrons. The number of hydrogen-bond donors (Lipinski definition) is 16. The highest BCUT2D eigenvalue weighted by Gasteiger charge is 2.35. The molecule has 4 aromatic carbocycles. The highest BCUT2D eigenvalue weighted by molar-refractivity contribution is 6.01. The van der Waals surface area contributed by atoms with Crippen LogP contribution < -0.4 is 88.4 Å². The molecular formula is C108H170F2N16O22. The Hall–Kier alpha value is -13.7. The molecule has 0 spiro atoms. The molecule has 12 atom stereocenters. The Balaban J connectivity index is -0.000000953. The second kappa shape index (κ2) is 75.0. The summed E-state index contributed by atoms with van der Waals surface area (Å²) in [6, 6.07) is 18.6. The number of benzene rings is 4. The van der Waals surface area contributed by atoms with Crippen LogP contribution in [-0.4, -0.2) is 180 Å². The molecule has 0 saturated heterocycles. The number of urea groups is 4. The molecule has 828 valence electrons. The molecule has 0 aliphatic carbocycles. The zero-order valence-corrected chi connectivity index (χ0v) is 85.3. The van der Waals surface area contributed by atoms with Gasteiger partial charge in [0.05, 0.1) is 24.2 Å². The van der Waals surface area contributed by atoms with E-state index in [0.29, 0.717) is 61.6 Å². The summed E-state index contributed by atoms with van der Waals surface area (Å²) < 4.78 is 54.7. The van der Waals surface area contributed by atoms with E-state index in [1.54, 1.807) is 83.0 Å². The van der Waals surface area contributed by atoms with Gasteiger partial charge in [-0.05, 0) is 189 Å². The maximum absolute atomic E-state index is 13.1. The lowest BCUT2D eigenvalue weighted by molar-refractivity contribution is -0.132. The maximum Gasteiger partial charge on any atom is 0.312 e. The number of hydrogen-bond acceptors (Lipinski definition) is 22. The summed E-state index contributed by atoms with van der Waals surface area (Å²) in [4.78, 5) is 268. The first kappa shape index (κ1) is 132. The number of Topliss-reactive ketones (excluding diaryl/α,β-unsaturated/α-hetero) is 10. The molecule has 24 N–H and O–H groups in total. The Kier molecular flexibility index (Phi) is 67.1. The molecule has 0 aromatic heterocycles. The third-order valence-electron chi connectivity index (χ3n) is 24.0. The lowest BCUT2D eigenvalue weighted by Gasteiger charge is -2.23. The monoisotopic (exact) mass is 2090 g/mol. The maximum atomic E-state index is 13.1. The van der Waals surface area contributed by atoms with Gasteiger partial charge < -0.3 is 88.4 Å². The number of carbonyl (C=O) groups is 22. The van der Waals surface area contributed by atoms with Crippen molar-refractivity contribution in [2.75, 3.05) is 26.2 Å². The quantitative estimate of drug-likeness (QED) is 0.0144. The fraction of sp³-hybridized carbons (Fsp3) is 0.574. The zero-order valence-electron chi connectivity index (χ0n) is 89.3. The average Bonchev–Trinajstić information content (AvgIpc) is 0.876. The minimum absolute atomic E-state index is 0. The lowest BCUT2D eigenvalue weighted by Crippen LogP contribution is -2.45. The standard InChI is InChI=1S/C27H40N4O6.C26H37FN4O6.C26H40N4O5.C25H37FN4O5.4CH4/c1-16(2)25(23(34)15-21(26(28)36)6-5-13-30-27(29)37)31-24(35)12-11-20(18(4)32)14-22(33)19-9-7-17(3)8-10-19;1-15(2)24(22(34)14-19(25(28)36)5-4-12-30-26(29)37)31-23(35)11-8-18(16(3)32)13-21(33)17-6-9-20(27)10-7-17;1-16(2)24(22(32)15-20(25(27)34)6-5-13-29-26(28)35)30-23(33)12-9-18(4)14-21(31)19-10-7-17(3)8-11-19;1-15(2)23(21(32)14-18(24(27)34)5-4-12-29-25(28)35)30-22(33)11-6-16(3)13-20(31)17-7-9-19(26)10-8-17;;;;/h7-10,16,20-21,25H,5-6,11-15H2,1-4H3,(H2,28,36)(H,31,35)(H3,29,30,37);6-7,9-10,15,18-19,24H,4-5,8,11-14H2,1-3H3,(H2,28,36)(H,31,35)(H3,29,30,37);7-8,10-11,16,18,20,24H,5-6,9,12-15H2,1-4H3,(H2,27,34)(H,30,33)(H3,28,29,35);7-10,15-16,18,23H,4-6,11-14H2,1-3H3,(H2,27,34)(H,30,33)(H3,28,29,35);4*1H4/t20-,21-,25+;18-,19-,24+;18?,20-,24+;16?,18-,23+;;;;/m1111..../s1/i/hD4. The van der Waals surface area contributed by atoms with Crippen molar-refractivity contribution in [3.8, 4) is 0 Å². The molecule has 0 fully saturated rings. The second-order valence-corrected chi connectivity index (χ2v) is 38.1. The number of halogens is 2. The summed E-state index contributed by atoms with van der Waals surface area (Å²) in [5, 5.41) is 20.5. The van der Waals surface area contributed by atoms with E-state index in [1.807, 2.05) is 71.5 Å². The van der Waals surface area contributed by atoms with Gasteiger partial charge in [-0.15, -0.1) is 0 Å². The first-order chi connectivity index (χ1) is 69.6. The summed E-state index contributed by atoms with van der Waals surface area (Å²) in [6.45, 7) is 25.4. The summed E-state index contributed by atoms with van der Waals surface area (Å²) >= 11 is 0. The van der Waals surface area contributed by atoms with E-state index in [9.17, 15) is 114 Å². The second-order valence-electron chi connectivity index (χ2n) is 38.1. The molecule has 4 rings (SSSR count). The van der Waals surface area contributed by atoms with Gasteiger partial charge in [-0.25, -0.2) is 28.0 Å². The number of ketones is 10. The predicted molar refractivity (Wildman–Crippen MR) is 565 cm³/mol. The van der Waals surface area contributed by atoms with E-state index in [2.05, 4.69) is 42.5 Å². The van der Waals surface area contributed by atoms with Crippen molar-refractivity contribution in [3.05, 3.63) is 142 Å². The molecule has 4 aromatic rings. The smallest absolute Gasteiger partial charge is 0.312 e. The Morgan fingerprint density at radius 3 is 0.662 bits per heavy atom. The minimum Gasteiger partial charge on any atom is -0.369 e. The van der Waals surface area contributed by atoms with E-state index in [1.165, 1.54) is 50.2 Å². The van der Waals surface area contributed by atoms with E-state index in [4.69, 9.17) is 28.6 Å². The Morgan fingerprint density at radius 2 is 0.473 bits per heavy atom. The van der Waals surface area contributed by atoms with Crippen molar-refractivity contribution < 1.29 is 120 Å². The highest BCUT2D eigenvalue weighted by atomic mass is 19.1. The van der Waals surface area contributed by atoms with Crippen molar-refractivity contribution in [2.24, 2.45) is 117 Å². The SMILES string of the molecule is C.C.C.C.[2H]NC(=O)[C@H](CCCNC(N)=O)CC(=O)[C@@H](NC(=O)CCC(C)CC(=O)c1ccc(C)cc1)C(C)C.[2H]NC(=O)[C@H](CCCNC(N)=O)CC(=O)[C@@H](NC(=O)CCC(C)CC(=O)c1ccc(F)cc1)C(C)C.[2H]NC(=O)[C@H](CCCNC(N)=O)CC(=O)[C@@H](NC(=O)CC[C@H](CC(=O)c1ccc(C)cc1)C(C)=O)C(C)C.[2H]NC(=O)[C@H](CCCNC(N)=O)CC(=O)[C@@H](NC(=O)CC[C@H](CC(=O)c1ccc(F)cc1)C(C)=O)C(C)C. The third-order valence-corrected chi connectivity index (χ3v) is 24.0. The number of rotatable bonds is 66. The molecule has 2 unspecified atom stereocenters. The van der Waals surface area contributed by atoms with Gasteiger partial charge in [-0.1, -0.05) is 159 Å². The molecule has 0 heterocycles. The van der Waals surface area contributed by atoms with Crippen LogP contribution in [0.15, 0.2) is 97.1 Å². The van der Waals surface area contributed by atoms with Crippen LogP contribution in [0.5, 0.6) is 0 Å². The van der Waals surface area contributed by atoms with Crippen LogP contribution in [-0.2, 0) is 67.1 Å². The molecule has 0 bridgehead atoms. The summed E-state index contributed by atoms with van der Waals surface area (Å²) in [5.74, 6) is -13.0. The van der Waals surface area contributed by atoms with Crippen molar-refractivity contribution in [2.45, 2.75) is 305 Å². The van der Waals surface area contributed by atoms with Gasteiger partial charge >= 0.3 is 24.1 Å². The van der Waals surface area contributed by atoms with Crippen LogP contribution in [0.4, 0.5) is 28.0 Å². The topological polar surface area (TPSA) is 680 Å². The molecule has 0 saturated carbocycles. The first-order valence-electron chi connectivity index (χ1n) is 50.6. The van der Waals surface area contributed by atoms with Gasteiger partial charge in [-0.2, -0.15) is 0 Å². The number of nitrogens with one attached hydrogen (secondary N) is 8. The molecule has 16 amide bonds. The van der Waals surface area contributed by atoms with Gasteiger partial charge in [0.25, 0.3) is 0 Å². The van der Waals surface area contributed by atoms with Crippen LogP contribution in [0.1, 0.15) is 319 Å². The Morgan fingerprint density at radius 1 is 0.277 bits per heavy atom. The van der Waals surface area contributed by atoms with Crippen LogP contribution in [0, 0.1) is 96.5 Å². The van der Waals surface area contributed by atoms with E-state index < -0.39 is 131 Å². The molecule has 38 nitrogen and oxygen atoms in total. The van der Waals surface area contributed by atoms with Gasteiger partial charge in [0.2, 0.25) is 47.3 Å². The van der Waals surface area contributed by atoms with E-state index in [0.717, 1.165) is 23.3 Å². The minimum atomic E-state index is -0.899. The van der Waals surface area contributed by atoms with Crippen molar-refractivity contribution in [3.63, 3.8) is 0 Å². The third kappa shape index (κ3) is 60.4. The Labute approximate surface area is 877 Å². The zero-order chi connectivity index (χ0) is 112. The number of primary amides is 8. The van der Waals surface area contributed by atoms with Gasteiger partial charge in [-0.3, -0.25) is 86.3 Å². The van der Waals surface area contributed by atoms with Gasteiger partial charge in [0.1, 0.15) is 23.2 Å². The molecule has 40 heteroatoms. The predicted octanol–water partition coefficient (Wildman–Crippen LogP) is 11.9. The lowest BCUT2D eigenvalue weighted by atomic mass is 9.89. The molecule has 0 aliphatic heterocycles.